The molecule has 5 nitrogen and oxygen atoms in total. The molecule has 1 aromatic carbocycles. The van der Waals surface area contributed by atoms with Gasteiger partial charge >= 0.3 is 5.25 Å². The van der Waals surface area contributed by atoms with Gasteiger partial charge in [0.05, 0.1) is 6.42 Å². The number of alkyl halides is 3. The summed E-state index contributed by atoms with van der Waals surface area (Å²) in [5, 5.41) is -5.04. The summed E-state index contributed by atoms with van der Waals surface area (Å²) < 4.78 is 80.6. The van der Waals surface area contributed by atoms with E-state index in [1.807, 2.05) is 0 Å². The van der Waals surface area contributed by atoms with Crippen LogP contribution in [0.1, 0.15) is 12.0 Å². The Balaban J connectivity index is 2.09. The molecular formula is C12H10F3O5S-. The largest absolute Gasteiger partial charge is 0.743 e. The first kappa shape index (κ1) is 15.6. The molecule has 0 radical (unpaired) electrons. The van der Waals surface area contributed by atoms with Crippen molar-refractivity contribution < 1.29 is 35.6 Å². The van der Waals surface area contributed by atoms with Gasteiger partial charge in [-0.25, -0.2) is 12.8 Å². The number of rotatable bonds is 5. The Hall–Kier alpha value is -1.74. The highest BCUT2D eigenvalue weighted by atomic mass is 32.2. The Morgan fingerprint density at radius 2 is 2.00 bits per heavy atom. The average molecular weight is 323 g/mol. The fourth-order valence-electron chi connectivity index (χ4n) is 1.71. The molecule has 0 amide bonds. The SMILES string of the molecule is C=Cc1ccc2c(c1)OC(CC(F)C(F)(F)S(=O)(=O)[O-])O2. The molecule has 1 heterocycles. The van der Waals surface area contributed by atoms with Gasteiger partial charge in [0, 0.05) is 0 Å². The Labute approximate surface area is 118 Å². The molecule has 0 saturated heterocycles. The molecule has 0 aromatic heterocycles. The molecule has 0 bridgehead atoms. The predicted octanol–water partition coefficient (Wildman–Crippen LogP) is 2.29. The maximum Gasteiger partial charge on any atom is 0.365 e. The van der Waals surface area contributed by atoms with Gasteiger partial charge in [0.15, 0.2) is 27.8 Å². The molecule has 1 aromatic rings. The van der Waals surface area contributed by atoms with E-state index in [0.717, 1.165) is 0 Å². The van der Waals surface area contributed by atoms with Crippen LogP contribution in [0.3, 0.4) is 0 Å². The van der Waals surface area contributed by atoms with Crippen LogP contribution in [0.25, 0.3) is 6.08 Å². The topological polar surface area (TPSA) is 75.7 Å². The van der Waals surface area contributed by atoms with E-state index in [2.05, 4.69) is 6.58 Å². The van der Waals surface area contributed by atoms with Crippen LogP contribution in [0.4, 0.5) is 13.2 Å². The molecule has 116 valence electrons. The molecule has 1 aliphatic heterocycles. The Kier molecular flexibility index (Phi) is 3.89. The van der Waals surface area contributed by atoms with Crippen LogP contribution in [0.5, 0.6) is 11.5 Å². The lowest BCUT2D eigenvalue weighted by molar-refractivity contribution is -0.0513. The smallest absolute Gasteiger partial charge is 0.365 e. The highest BCUT2D eigenvalue weighted by Gasteiger charge is 2.49. The molecule has 0 aliphatic carbocycles. The van der Waals surface area contributed by atoms with Crippen LogP contribution in [-0.2, 0) is 10.1 Å². The number of benzene rings is 1. The standard InChI is InChI=1S/C12H11F3O5S/c1-2-7-3-4-8-9(5-7)20-11(19-8)6-10(13)12(14,15)21(16,17)18/h2-5,10-11H,1,6H2,(H,16,17,18)/p-1. The van der Waals surface area contributed by atoms with Crippen molar-refractivity contribution >= 4 is 16.2 Å². The molecular weight excluding hydrogens is 313 g/mol. The van der Waals surface area contributed by atoms with E-state index < -0.39 is 34.3 Å². The van der Waals surface area contributed by atoms with E-state index in [1.165, 1.54) is 18.2 Å². The van der Waals surface area contributed by atoms with Crippen molar-refractivity contribution in [3.63, 3.8) is 0 Å². The first-order chi connectivity index (χ1) is 9.65. The highest BCUT2D eigenvalue weighted by Crippen LogP contribution is 2.39. The predicted molar refractivity (Wildman–Crippen MR) is 65.7 cm³/mol. The minimum absolute atomic E-state index is 0.192. The second-order valence-electron chi connectivity index (χ2n) is 4.29. The van der Waals surface area contributed by atoms with Crippen LogP contribution in [0.15, 0.2) is 24.8 Å². The van der Waals surface area contributed by atoms with Crippen LogP contribution < -0.4 is 9.47 Å². The van der Waals surface area contributed by atoms with Gasteiger partial charge in [-0.1, -0.05) is 18.7 Å². The normalized spacial score (nSPS) is 19.3. The average Bonchev–Trinajstić information content (AvgIpc) is 2.78. The zero-order valence-corrected chi connectivity index (χ0v) is 11.3. The Morgan fingerprint density at radius 1 is 1.38 bits per heavy atom. The van der Waals surface area contributed by atoms with Crippen molar-refractivity contribution in [2.45, 2.75) is 24.1 Å². The summed E-state index contributed by atoms with van der Waals surface area (Å²) in [5.41, 5.74) is 0.669. The Bertz CT molecular complexity index is 659. The number of fused-ring (bicyclic) bond motifs is 1. The van der Waals surface area contributed by atoms with Crippen molar-refractivity contribution in [2.75, 3.05) is 0 Å². The van der Waals surface area contributed by atoms with Crippen LogP contribution >= 0.6 is 0 Å². The summed E-state index contributed by atoms with van der Waals surface area (Å²) in [5.74, 6) is 0.393. The number of hydrogen-bond donors (Lipinski definition) is 0. The summed E-state index contributed by atoms with van der Waals surface area (Å²) in [7, 11) is -6.10. The van der Waals surface area contributed by atoms with Crippen LogP contribution in [0, 0.1) is 0 Å². The fraction of sp³-hybridized carbons (Fsp3) is 0.333. The van der Waals surface area contributed by atoms with Crippen LogP contribution in [0.2, 0.25) is 0 Å². The lowest BCUT2D eigenvalue weighted by Crippen LogP contribution is -2.41. The minimum Gasteiger partial charge on any atom is -0.743 e. The molecule has 0 saturated carbocycles. The van der Waals surface area contributed by atoms with Gasteiger partial charge in [0.2, 0.25) is 6.29 Å². The number of halogens is 3. The summed E-state index contributed by atoms with van der Waals surface area (Å²) in [4.78, 5) is 0. The van der Waals surface area contributed by atoms with Gasteiger partial charge in [-0.15, -0.1) is 0 Å². The van der Waals surface area contributed by atoms with Crippen LogP contribution in [-0.4, -0.2) is 30.7 Å². The van der Waals surface area contributed by atoms with E-state index in [9.17, 15) is 26.1 Å². The zero-order valence-electron chi connectivity index (χ0n) is 10.5. The maximum atomic E-state index is 13.4. The highest BCUT2D eigenvalue weighted by molar-refractivity contribution is 7.86. The van der Waals surface area contributed by atoms with Gasteiger partial charge in [-0.2, -0.15) is 8.78 Å². The molecule has 2 unspecified atom stereocenters. The maximum absolute atomic E-state index is 13.4. The van der Waals surface area contributed by atoms with E-state index in [4.69, 9.17) is 9.47 Å². The zero-order chi connectivity index (χ0) is 15.8. The number of ether oxygens (including phenoxy) is 2. The van der Waals surface area contributed by atoms with E-state index >= 15 is 0 Å². The molecule has 2 atom stereocenters. The molecule has 0 fully saturated rings. The first-order valence-electron chi connectivity index (χ1n) is 5.72. The summed E-state index contributed by atoms with van der Waals surface area (Å²) >= 11 is 0. The van der Waals surface area contributed by atoms with Gasteiger partial charge in [0.1, 0.15) is 0 Å². The molecule has 1 aliphatic rings. The summed E-state index contributed by atoms with van der Waals surface area (Å²) in [6.45, 7) is 3.53. The van der Waals surface area contributed by atoms with Gasteiger partial charge in [0.25, 0.3) is 0 Å². The molecule has 9 heteroatoms. The van der Waals surface area contributed by atoms with Crippen molar-refractivity contribution in [3.8, 4) is 11.5 Å². The van der Waals surface area contributed by atoms with Crippen molar-refractivity contribution in [1.29, 1.82) is 0 Å². The summed E-state index contributed by atoms with van der Waals surface area (Å²) in [6, 6.07) is 4.58. The third kappa shape index (κ3) is 2.98. The van der Waals surface area contributed by atoms with Gasteiger partial charge in [-0.3, -0.25) is 0 Å². The molecule has 2 rings (SSSR count). The lowest BCUT2D eigenvalue weighted by Gasteiger charge is -2.24. The molecule has 0 spiro atoms. The van der Waals surface area contributed by atoms with E-state index in [1.54, 1.807) is 6.07 Å². The Morgan fingerprint density at radius 3 is 2.57 bits per heavy atom. The van der Waals surface area contributed by atoms with Crippen molar-refractivity contribution in [1.82, 2.24) is 0 Å². The molecule has 21 heavy (non-hydrogen) atoms. The fourth-order valence-corrected chi connectivity index (χ4v) is 2.12. The molecule has 0 N–H and O–H groups in total. The summed E-state index contributed by atoms with van der Waals surface area (Å²) in [6.07, 6.45) is -4.28. The lowest BCUT2D eigenvalue weighted by atomic mass is 10.2. The third-order valence-electron chi connectivity index (χ3n) is 2.82. The quantitative estimate of drug-likeness (QED) is 0.777. The third-order valence-corrected chi connectivity index (χ3v) is 3.74. The number of hydrogen-bond acceptors (Lipinski definition) is 5. The van der Waals surface area contributed by atoms with Crippen molar-refractivity contribution in [3.05, 3.63) is 30.3 Å². The monoisotopic (exact) mass is 323 g/mol. The first-order valence-corrected chi connectivity index (χ1v) is 7.13. The van der Waals surface area contributed by atoms with Crippen molar-refractivity contribution in [2.24, 2.45) is 0 Å². The van der Waals surface area contributed by atoms with Gasteiger partial charge in [-0.05, 0) is 17.7 Å². The second kappa shape index (κ2) is 5.23. The second-order valence-corrected chi connectivity index (χ2v) is 5.75. The minimum atomic E-state index is -6.10. The van der Waals surface area contributed by atoms with E-state index in [-0.39, 0.29) is 11.5 Å². The van der Waals surface area contributed by atoms with E-state index in [0.29, 0.717) is 5.56 Å². The van der Waals surface area contributed by atoms with Gasteiger partial charge < -0.3 is 14.0 Å².